The van der Waals surface area contributed by atoms with Crippen molar-refractivity contribution in [2.75, 3.05) is 0 Å². The van der Waals surface area contributed by atoms with Gasteiger partial charge in [-0.3, -0.25) is 14.4 Å². The predicted octanol–water partition coefficient (Wildman–Crippen LogP) is -0.522. The zero-order chi connectivity index (χ0) is 14.5. The lowest BCUT2D eigenvalue weighted by atomic mass is 10.0. The molecule has 0 unspecified atom stereocenters. The van der Waals surface area contributed by atoms with Crippen molar-refractivity contribution < 1.29 is 14.4 Å². The third-order valence-corrected chi connectivity index (χ3v) is 3.25. The highest BCUT2D eigenvalue weighted by atomic mass is 16.2. The molecule has 0 aromatic heterocycles. The first-order valence-electron chi connectivity index (χ1n) is 6.49. The van der Waals surface area contributed by atoms with Crippen molar-refractivity contribution in [3.05, 3.63) is 35.9 Å². The van der Waals surface area contributed by atoms with Gasteiger partial charge in [0.05, 0.1) is 0 Å². The van der Waals surface area contributed by atoms with E-state index in [0.29, 0.717) is 19.3 Å². The van der Waals surface area contributed by atoms with Crippen molar-refractivity contribution in [1.82, 2.24) is 10.6 Å². The molecule has 6 nitrogen and oxygen atoms in total. The fourth-order valence-corrected chi connectivity index (χ4v) is 2.16. The van der Waals surface area contributed by atoms with Gasteiger partial charge in [0.2, 0.25) is 17.7 Å². The molecule has 6 heteroatoms. The molecule has 1 saturated heterocycles. The molecule has 0 radical (unpaired) electrons. The number of carbonyl (C=O) groups is 3. The summed E-state index contributed by atoms with van der Waals surface area (Å²) in [5, 5.41) is 5.16. The third-order valence-electron chi connectivity index (χ3n) is 3.25. The average Bonchev–Trinajstić information content (AvgIpc) is 2.86. The molecule has 1 aromatic carbocycles. The number of hydrogen-bond donors (Lipinski definition) is 3. The summed E-state index contributed by atoms with van der Waals surface area (Å²) in [6.07, 6.45) is 1.11. The summed E-state index contributed by atoms with van der Waals surface area (Å²) >= 11 is 0. The highest BCUT2D eigenvalue weighted by Crippen LogP contribution is 2.08. The Balaban J connectivity index is 1.97. The van der Waals surface area contributed by atoms with Gasteiger partial charge in [0.1, 0.15) is 12.1 Å². The van der Waals surface area contributed by atoms with E-state index in [1.165, 1.54) is 0 Å². The molecule has 0 aliphatic carbocycles. The zero-order valence-electron chi connectivity index (χ0n) is 11.0. The molecule has 1 aliphatic heterocycles. The van der Waals surface area contributed by atoms with E-state index in [9.17, 15) is 14.4 Å². The van der Waals surface area contributed by atoms with E-state index in [1.807, 2.05) is 30.3 Å². The van der Waals surface area contributed by atoms with Crippen LogP contribution in [0.4, 0.5) is 0 Å². The molecule has 1 aliphatic rings. The van der Waals surface area contributed by atoms with Crippen LogP contribution in [0.2, 0.25) is 0 Å². The summed E-state index contributed by atoms with van der Waals surface area (Å²) in [7, 11) is 0. The Labute approximate surface area is 116 Å². The van der Waals surface area contributed by atoms with Crippen LogP contribution in [-0.2, 0) is 20.8 Å². The summed E-state index contributed by atoms with van der Waals surface area (Å²) in [5.74, 6) is -1.11. The van der Waals surface area contributed by atoms with Gasteiger partial charge in [0.15, 0.2) is 0 Å². The molecule has 0 saturated carbocycles. The van der Waals surface area contributed by atoms with Gasteiger partial charge in [-0.25, -0.2) is 0 Å². The second kappa shape index (κ2) is 6.18. The maximum absolute atomic E-state index is 12.0. The Morgan fingerprint density at radius 3 is 2.60 bits per heavy atom. The standard InChI is InChI=1S/C14H17N3O3/c15-13(19)11(8-9-4-2-1-3-5-9)17-14(20)10-6-7-12(18)16-10/h1-5,10-11H,6-8H2,(H2,15,19)(H,16,18)(H,17,20)/t10-,11+/m1/s1. The van der Waals surface area contributed by atoms with Crippen molar-refractivity contribution in [3.8, 4) is 0 Å². The fourth-order valence-electron chi connectivity index (χ4n) is 2.16. The zero-order valence-corrected chi connectivity index (χ0v) is 11.0. The molecule has 106 valence electrons. The number of hydrogen-bond acceptors (Lipinski definition) is 3. The molecule has 3 amide bonds. The van der Waals surface area contributed by atoms with E-state index in [4.69, 9.17) is 5.73 Å². The van der Waals surface area contributed by atoms with Gasteiger partial charge < -0.3 is 16.4 Å². The monoisotopic (exact) mass is 275 g/mol. The van der Waals surface area contributed by atoms with Crippen LogP contribution in [0.25, 0.3) is 0 Å². The second-order valence-electron chi connectivity index (χ2n) is 4.81. The Morgan fingerprint density at radius 1 is 1.35 bits per heavy atom. The van der Waals surface area contributed by atoms with Crippen LogP contribution < -0.4 is 16.4 Å². The highest BCUT2D eigenvalue weighted by molar-refractivity contribution is 5.93. The number of nitrogens with one attached hydrogen (secondary N) is 2. The van der Waals surface area contributed by atoms with E-state index in [1.54, 1.807) is 0 Å². The number of amides is 3. The van der Waals surface area contributed by atoms with E-state index in [2.05, 4.69) is 10.6 Å². The topological polar surface area (TPSA) is 101 Å². The number of carbonyl (C=O) groups excluding carboxylic acids is 3. The van der Waals surface area contributed by atoms with Crippen LogP contribution in [-0.4, -0.2) is 29.8 Å². The minimum atomic E-state index is -0.776. The molecular formula is C14H17N3O3. The van der Waals surface area contributed by atoms with E-state index in [0.717, 1.165) is 5.56 Å². The average molecular weight is 275 g/mol. The third kappa shape index (κ3) is 3.57. The summed E-state index contributed by atoms with van der Waals surface area (Å²) in [5.41, 5.74) is 6.23. The van der Waals surface area contributed by atoms with Gasteiger partial charge in [-0.2, -0.15) is 0 Å². The minimum absolute atomic E-state index is 0.149. The smallest absolute Gasteiger partial charge is 0.243 e. The Bertz CT molecular complexity index is 516. The van der Waals surface area contributed by atoms with Crippen molar-refractivity contribution in [2.45, 2.75) is 31.3 Å². The molecular weight excluding hydrogens is 258 g/mol. The Kier molecular flexibility index (Phi) is 4.34. The lowest BCUT2D eigenvalue weighted by molar-refractivity contribution is -0.129. The number of rotatable bonds is 5. The maximum atomic E-state index is 12.0. The maximum Gasteiger partial charge on any atom is 0.243 e. The Morgan fingerprint density at radius 2 is 2.05 bits per heavy atom. The number of benzene rings is 1. The molecule has 0 spiro atoms. The number of primary amides is 1. The van der Waals surface area contributed by atoms with Crippen LogP contribution in [0.15, 0.2) is 30.3 Å². The first-order valence-corrected chi connectivity index (χ1v) is 6.49. The first kappa shape index (κ1) is 14.0. The van der Waals surface area contributed by atoms with Crippen LogP contribution in [0.3, 0.4) is 0 Å². The molecule has 1 heterocycles. The van der Waals surface area contributed by atoms with Gasteiger partial charge in [-0.15, -0.1) is 0 Å². The van der Waals surface area contributed by atoms with Crippen molar-refractivity contribution in [2.24, 2.45) is 5.73 Å². The summed E-state index contributed by atoms with van der Waals surface area (Å²) < 4.78 is 0. The molecule has 2 rings (SSSR count). The van der Waals surface area contributed by atoms with E-state index >= 15 is 0 Å². The van der Waals surface area contributed by atoms with Crippen LogP contribution in [0.5, 0.6) is 0 Å². The van der Waals surface area contributed by atoms with E-state index < -0.39 is 18.0 Å². The SMILES string of the molecule is NC(=O)[C@H](Cc1ccccc1)NC(=O)[C@H]1CCC(=O)N1. The summed E-state index contributed by atoms with van der Waals surface area (Å²) in [4.78, 5) is 34.5. The van der Waals surface area contributed by atoms with Crippen LogP contribution in [0.1, 0.15) is 18.4 Å². The predicted molar refractivity (Wildman–Crippen MR) is 72.4 cm³/mol. The molecule has 2 atom stereocenters. The summed E-state index contributed by atoms with van der Waals surface area (Å²) in [6, 6.07) is 7.95. The van der Waals surface area contributed by atoms with E-state index in [-0.39, 0.29) is 11.8 Å². The van der Waals surface area contributed by atoms with Gasteiger partial charge >= 0.3 is 0 Å². The van der Waals surface area contributed by atoms with Crippen molar-refractivity contribution >= 4 is 17.7 Å². The molecule has 0 bridgehead atoms. The Hall–Kier alpha value is -2.37. The first-order chi connectivity index (χ1) is 9.56. The lowest BCUT2D eigenvalue weighted by Gasteiger charge is -2.18. The molecule has 1 fully saturated rings. The highest BCUT2D eigenvalue weighted by Gasteiger charge is 2.29. The van der Waals surface area contributed by atoms with Crippen molar-refractivity contribution in [1.29, 1.82) is 0 Å². The van der Waals surface area contributed by atoms with Gasteiger partial charge in [-0.1, -0.05) is 30.3 Å². The normalized spacial score (nSPS) is 19.2. The second-order valence-corrected chi connectivity index (χ2v) is 4.81. The minimum Gasteiger partial charge on any atom is -0.368 e. The van der Waals surface area contributed by atoms with Gasteiger partial charge in [0, 0.05) is 12.8 Å². The van der Waals surface area contributed by atoms with Crippen LogP contribution >= 0.6 is 0 Å². The molecule has 4 N–H and O–H groups in total. The van der Waals surface area contributed by atoms with Crippen molar-refractivity contribution in [3.63, 3.8) is 0 Å². The van der Waals surface area contributed by atoms with Crippen LogP contribution in [0, 0.1) is 0 Å². The molecule has 1 aromatic rings. The lowest BCUT2D eigenvalue weighted by Crippen LogP contribution is -2.51. The molecule has 20 heavy (non-hydrogen) atoms. The number of nitrogens with two attached hydrogens (primary N) is 1. The fraction of sp³-hybridized carbons (Fsp3) is 0.357. The van der Waals surface area contributed by atoms with Gasteiger partial charge in [0.25, 0.3) is 0 Å². The largest absolute Gasteiger partial charge is 0.368 e. The summed E-state index contributed by atoms with van der Waals surface area (Å²) in [6.45, 7) is 0. The van der Waals surface area contributed by atoms with Gasteiger partial charge in [-0.05, 0) is 12.0 Å². The quantitative estimate of drug-likeness (QED) is 0.673.